The molecule has 3 N–H and O–H groups in total. The Morgan fingerprint density at radius 3 is 2.51 bits per heavy atom. The summed E-state index contributed by atoms with van der Waals surface area (Å²) in [6, 6.07) is 16.0. The molecule has 3 heterocycles. The molecule has 8 nitrogen and oxygen atoms in total. The van der Waals surface area contributed by atoms with Gasteiger partial charge < -0.3 is 25.4 Å². The van der Waals surface area contributed by atoms with Gasteiger partial charge in [0.25, 0.3) is 0 Å². The number of carbonyl (C=O) groups excluding carboxylic acids is 3. The molecule has 5 rings (SSSR count). The number of methoxy groups -OCH3 is 1. The number of nitrogens with one attached hydrogen (secondary N) is 2. The van der Waals surface area contributed by atoms with Crippen molar-refractivity contribution in [1.82, 2.24) is 10.2 Å². The maximum absolute atomic E-state index is 13.9. The fraction of sp³-hybridized carbons (Fsp3) is 0.464. The van der Waals surface area contributed by atoms with Crippen LogP contribution in [0.2, 0.25) is 0 Å². The molecule has 0 aromatic heterocycles. The lowest BCUT2D eigenvalue weighted by Crippen LogP contribution is -2.52. The summed E-state index contributed by atoms with van der Waals surface area (Å²) in [5, 5.41) is 15.5. The third kappa shape index (κ3) is 4.38. The first kappa shape index (κ1) is 25.6. The van der Waals surface area contributed by atoms with E-state index in [1.165, 1.54) is 0 Å². The molecule has 0 aliphatic carbocycles. The van der Waals surface area contributed by atoms with E-state index in [1.54, 1.807) is 48.0 Å². The average Bonchev–Trinajstić information content (AvgIpc) is 3.47. The summed E-state index contributed by atoms with van der Waals surface area (Å²) in [5.41, 5.74) is 1.60. The molecule has 2 aromatic carbocycles. The molecule has 0 saturated carbocycles. The van der Waals surface area contributed by atoms with Gasteiger partial charge in [0.05, 0.1) is 23.7 Å². The fourth-order valence-electron chi connectivity index (χ4n) is 6.39. The van der Waals surface area contributed by atoms with Crippen LogP contribution in [0.25, 0.3) is 0 Å². The summed E-state index contributed by atoms with van der Waals surface area (Å²) in [5.74, 6) is -1.01. The van der Waals surface area contributed by atoms with Gasteiger partial charge >= 0.3 is 0 Å². The number of benzene rings is 2. The zero-order valence-electron chi connectivity index (χ0n) is 21.1. The van der Waals surface area contributed by atoms with Crippen LogP contribution in [0.15, 0.2) is 54.6 Å². The zero-order chi connectivity index (χ0) is 26.2. The average molecular weight is 524 g/mol. The van der Waals surface area contributed by atoms with Crippen LogP contribution in [-0.4, -0.2) is 63.5 Å². The minimum atomic E-state index is -0.725. The Kier molecular flexibility index (Phi) is 6.93. The van der Waals surface area contributed by atoms with Crippen LogP contribution in [0, 0.1) is 11.8 Å². The summed E-state index contributed by atoms with van der Waals surface area (Å²) in [4.78, 5) is 42.9. The first-order valence-electron chi connectivity index (χ1n) is 12.7. The minimum Gasteiger partial charge on any atom is -0.497 e. The number of aliphatic hydroxyl groups excluding tert-OH is 1. The van der Waals surface area contributed by atoms with Gasteiger partial charge in [0.15, 0.2) is 0 Å². The van der Waals surface area contributed by atoms with E-state index >= 15 is 0 Å². The van der Waals surface area contributed by atoms with Gasteiger partial charge in [-0.05, 0) is 56.0 Å². The summed E-state index contributed by atoms with van der Waals surface area (Å²) in [6.45, 7) is 2.63. The number of ether oxygens (including phenoxy) is 1. The minimum absolute atomic E-state index is 0.0832. The van der Waals surface area contributed by atoms with Crippen LogP contribution in [0.3, 0.4) is 0 Å². The smallest absolute Gasteiger partial charge is 0.248 e. The first-order chi connectivity index (χ1) is 17.8. The molecule has 3 aliphatic rings. The van der Waals surface area contributed by atoms with Crippen LogP contribution < -0.4 is 15.4 Å². The molecule has 3 aliphatic heterocycles. The summed E-state index contributed by atoms with van der Waals surface area (Å²) >= 11 is 1.64. The second kappa shape index (κ2) is 10.0. The lowest BCUT2D eigenvalue weighted by molar-refractivity contribution is -0.140. The maximum atomic E-state index is 13.9. The Morgan fingerprint density at radius 2 is 1.84 bits per heavy atom. The van der Waals surface area contributed by atoms with Gasteiger partial charge in [0.2, 0.25) is 17.7 Å². The Bertz CT molecular complexity index is 1180. The van der Waals surface area contributed by atoms with E-state index in [2.05, 4.69) is 17.6 Å². The highest BCUT2D eigenvalue weighted by Crippen LogP contribution is 2.71. The number of hydrogen-bond donors (Lipinski definition) is 3. The van der Waals surface area contributed by atoms with Gasteiger partial charge in [-0.25, -0.2) is 0 Å². The molecule has 1 spiro atoms. The second-order valence-electron chi connectivity index (χ2n) is 10.3. The number of likely N-dealkylation sites (tertiary alicyclic amines) is 1. The third-order valence-electron chi connectivity index (χ3n) is 8.03. The summed E-state index contributed by atoms with van der Waals surface area (Å²) in [7, 11) is 1.58. The standard InChI is InChI=1S/C28H33N3O5S/c1-27-13-14-28(37-27)22(21(27)24(33)29-17-18-7-4-3-5-8-18)26(35)31(15-6-16-32)23(28)25(34)30-19-9-11-20(36-2)12-10-19/h3-5,7-12,21-23,32H,6,13-17H2,1-2H3,(H,29,33)(H,30,34)/t21-,22+,23?,27+,28?/m1/s1. The molecule has 2 unspecified atom stereocenters. The zero-order valence-corrected chi connectivity index (χ0v) is 21.9. The van der Waals surface area contributed by atoms with E-state index < -0.39 is 27.4 Å². The maximum Gasteiger partial charge on any atom is 0.248 e. The van der Waals surface area contributed by atoms with Gasteiger partial charge in [0.1, 0.15) is 11.8 Å². The quantitative estimate of drug-likeness (QED) is 0.467. The Morgan fingerprint density at radius 1 is 1.11 bits per heavy atom. The Labute approximate surface area is 221 Å². The fourth-order valence-corrected chi connectivity index (χ4v) is 8.74. The summed E-state index contributed by atoms with van der Waals surface area (Å²) in [6.07, 6.45) is 1.81. The number of rotatable bonds is 9. The molecule has 2 aromatic rings. The second-order valence-corrected chi connectivity index (χ2v) is 12.2. The van der Waals surface area contributed by atoms with E-state index in [9.17, 15) is 19.5 Å². The largest absolute Gasteiger partial charge is 0.497 e. The lowest BCUT2D eigenvalue weighted by Gasteiger charge is -2.34. The van der Waals surface area contributed by atoms with Gasteiger partial charge in [-0.3, -0.25) is 14.4 Å². The molecule has 3 fully saturated rings. The molecule has 5 atom stereocenters. The molecule has 0 radical (unpaired) electrons. The molecule has 3 saturated heterocycles. The van der Waals surface area contributed by atoms with Crippen LogP contribution in [0.5, 0.6) is 5.75 Å². The first-order valence-corrected chi connectivity index (χ1v) is 13.5. The molecule has 9 heteroatoms. The number of carbonyl (C=O) groups is 3. The predicted molar refractivity (Wildman–Crippen MR) is 142 cm³/mol. The van der Waals surface area contributed by atoms with Gasteiger partial charge in [-0.1, -0.05) is 30.3 Å². The number of amides is 3. The molecule has 37 heavy (non-hydrogen) atoms. The normalized spacial score (nSPS) is 29.8. The number of aliphatic hydroxyl groups is 1. The van der Waals surface area contributed by atoms with E-state index in [-0.39, 0.29) is 30.9 Å². The highest BCUT2D eigenvalue weighted by Gasteiger charge is 2.76. The van der Waals surface area contributed by atoms with E-state index in [0.29, 0.717) is 30.8 Å². The molecular formula is C28H33N3O5S. The monoisotopic (exact) mass is 523 g/mol. The number of thioether (sulfide) groups is 1. The topological polar surface area (TPSA) is 108 Å². The number of hydrogen-bond acceptors (Lipinski definition) is 6. The van der Waals surface area contributed by atoms with Crippen molar-refractivity contribution >= 4 is 35.2 Å². The van der Waals surface area contributed by atoms with E-state index in [1.807, 2.05) is 30.3 Å². The highest BCUT2D eigenvalue weighted by molar-refractivity contribution is 8.02. The highest BCUT2D eigenvalue weighted by atomic mass is 32.2. The van der Waals surface area contributed by atoms with Gasteiger partial charge in [-0.2, -0.15) is 0 Å². The van der Waals surface area contributed by atoms with E-state index in [0.717, 1.165) is 12.0 Å². The lowest BCUT2D eigenvalue weighted by atomic mass is 9.66. The molecule has 2 bridgehead atoms. The van der Waals surface area contributed by atoms with Crippen molar-refractivity contribution in [3.63, 3.8) is 0 Å². The van der Waals surface area contributed by atoms with Gasteiger partial charge in [-0.15, -0.1) is 11.8 Å². The van der Waals surface area contributed by atoms with Crippen molar-refractivity contribution in [2.24, 2.45) is 11.8 Å². The van der Waals surface area contributed by atoms with Crippen molar-refractivity contribution < 1.29 is 24.2 Å². The van der Waals surface area contributed by atoms with E-state index in [4.69, 9.17) is 4.74 Å². The summed E-state index contributed by atoms with van der Waals surface area (Å²) < 4.78 is 4.09. The van der Waals surface area contributed by atoms with Crippen molar-refractivity contribution in [3.8, 4) is 5.75 Å². The molecular weight excluding hydrogens is 490 g/mol. The third-order valence-corrected chi connectivity index (χ3v) is 10.0. The van der Waals surface area contributed by atoms with Crippen molar-refractivity contribution in [2.75, 3.05) is 25.6 Å². The van der Waals surface area contributed by atoms with Crippen LogP contribution in [-0.2, 0) is 20.9 Å². The number of fused-ring (bicyclic) bond motifs is 1. The number of anilines is 1. The molecule has 196 valence electrons. The Balaban J connectivity index is 1.43. The van der Waals surface area contributed by atoms with Crippen molar-refractivity contribution in [2.45, 2.75) is 48.3 Å². The van der Waals surface area contributed by atoms with Crippen LogP contribution in [0.1, 0.15) is 31.7 Å². The SMILES string of the molecule is COc1ccc(NC(=O)C2N(CCCO)C(=O)[C@@H]3[C@H](C(=O)NCc4ccccc4)[C@]4(C)CCC23S4)cc1. The Hall–Kier alpha value is -3.04. The number of nitrogens with zero attached hydrogens (tertiary/aromatic N) is 1. The predicted octanol–water partition coefficient (Wildman–Crippen LogP) is 2.81. The molecule has 3 amide bonds. The van der Waals surface area contributed by atoms with Crippen molar-refractivity contribution in [1.29, 1.82) is 0 Å². The van der Waals surface area contributed by atoms with Crippen molar-refractivity contribution in [3.05, 3.63) is 60.2 Å². The van der Waals surface area contributed by atoms with Crippen LogP contribution >= 0.6 is 11.8 Å². The van der Waals surface area contributed by atoms with Crippen LogP contribution in [0.4, 0.5) is 5.69 Å². The van der Waals surface area contributed by atoms with Gasteiger partial charge in [0, 0.05) is 30.1 Å².